The molecule has 0 amide bonds. The van der Waals surface area contributed by atoms with Gasteiger partial charge in [-0.3, -0.25) is 4.90 Å². The van der Waals surface area contributed by atoms with Crippen LogP contribution in [0.4, 0.5) is 11.5 Å². The van der Waals surface area contributed by atoms with Gasteiger partial charge in [0.25, 0.3) is 0 Å². The van der Waals surface area contributed by atoms with Crippen LogP contribution in [0.15, 0.2) is 42.7 Å². The molecule has 3 aromatic rings. The Morgan fingerprint density at radius 3 is 2.70 bits per heavy atom. The Balaban J connectivity index is 0.00000193. The highest BCUT2D eigenvalue weighted by Gasteiger charge is 2.13. The number of morpholine rings is 1. The molecule has 7 nitrogen and oxygen atoms in total. The highest BCUT2D eigenvalue weighted by Crippen LogP contribution is 2.34. The number of aromatic nitrogens is 2. The summed E-state index contributed by atoms with van der Waals surface area (Å²) in [6, 6.07) is 11.4. The molecule has 1 N–H and O–H groups in total. The van der Waals surface area contributed by atoms with Crippen LogP contribution in [-0.2, 0) is 4.74 Å². The Hall–Kier alpha value is -2.76. The van der Waals surface area contributed by atoms with Crippen LogP contribution in [0.2, 0.25) is 0 Å². The Kier molecular flexibility index (Phi) is 10.5. The molecule has 2 heterocycles. The van der Waals surface area contributed by atoms with Crippen LogP contribution in [0, 0.1) is 12.3 Å². The quantitative estimate of drug-likeness (QED) is 0.372. The highest BCUT2D eigenvalue weighted by molar-refractivity contribution is 5.93. The molecule has 0 unspecified atom stereocenters. The lowest BCUT2D eigenvalue weighted by Crippen LogP contribution is -2.37. The topological polar surface area (TPSA) is 68.7 Å². The van der Waals surface area contributed by atoms with Crippen molar-refractivity contribution >= 4 is 47.2 Å². The molecule has 176 valence electrons. The Morgan fingerprint density at radius 2 is 1.94 bits per heavy atom. The second kappa shape index (κ2) is 13.1. The predicted octanol–water partition coefficient (Wildman–Crippen LogP) is 4.31. The molecule has 0 atom stereocenters. The zero-order valence-corrected chi connectivity index (χ0v) is 20.1. The summed E-state index contributed by atoms with van der Waals surface area (Å²) in [4.78, 5) is 11.2. The van der Waals surface area contributed by atoms with E-state index in [1.165, 1.54) is 6.33 Å². The van der Waals surface area contributed by atoms with Crippen LogP contribution in [-0.4, -0.2) is 61.4 Å². The monoisotopic (exact) mass is 490 g/mol. The van der Waals surface area contributed by atoms with Crippen molar-refractivity contribution in [2.45, 2.75) is 6.42 Å². The smallest absolute Gasteiger partial charge is 0.162 e. The van der Waals surface area contributed by atoms with Crippen molar-refractivity contribution in [2.75, 3.05) is 51.9 Å². The third-order valence-corrected chi connectivity index (χ3v) is 5.19. The molecule has 1 fully saturated rings. The van der Waals surface area contributed by atoms with Gasteiger partial charge < -0.3 is 19.5 Å². The fraction of sp³-hybridized carbons (Fsp3) is 0.333. The Bertz CT molecular complexity index is 1080. The molecule has 0 bridgehead atoms. The minimum absolute atomic E-state index is 0. The third-order valence-electron chi connectivity index (χ3n) is 5.19. The van der Waals surface area contributed by atoms with Crippen LogP contribution in [0.1, 0.15) is 12.0 Å². The summed E-state index contributed by atoms with van der Waals surface area (Å²) in [5.41, 5.74) is 2.43. The lowest BCUT2D eigenvalue weighted by molar-refractivity contribution is 0.0357. The largest absolute Gasteiger partial charge is 0.493 e. The number of anilines is 2. The van der Waals surface area contributed by atoms with Crippen molar-refractivity contribution in [1.82, 2.24) is 14.9 Å². The Labute approximate surface area is 206 Å². The standard InChI is InChI=1S/C24H26N4O3.2ClH/c1-3-18-6-4-7-19(14-18)27-24-20-15-23(22(29-2)16-21(20)25-17-26-24)31-11-5-8-28-9-12-30-13-10-28;;/h1,4,6-7,14-17H,5,8-13H2,2H3,(H,25,26,27);2*1H. The van der Waals surface area contributed by atoms with Gasteiger partial charge >= 0.3 is 0 Å². The summed E-state index contributed by atoms with van der Waals surface area (Å²) < 4.78 is 17.0. The van der Waals surface area contributed by atoms with E-state index in [-0.39, 0.29) is 24.8 Å². The second-order valence-corrected chi connectivity index (χ2v) is 7.25. The molecular weight excluding hydrogens is 463 g/mol. The first-order valence-corrected chi connectivity index (χ1v) is 10.4. The molecular formula is C24H28Cl2N4O3. The third kappa shape index (κ3) is 6.86. The van der Waals surface area contributed by atoms with Gasteiger partial charge in [-0.1, -0.05) is 12.0 Å². The van der Waals surface area contributed by atoms with Crippen LogP contribution in [0.5, 0.6) is 11.5 Å². The van der Waals surface area contributed by atoms with E-state index in [9.17, 15) is 0 Å². The SMILES string of the molecule is C#Cc1cccc(Nc2ncnc3cc(OC)c(OCCCN4CCOCC4)cc23)c1.Cl.Cl. The van der Waals surface area contributed by atoms with Gasteiger partial charge in [0.1, 0.15) is 12.1 Å². The molecule has 9 heteroatoms. The molecule has 0 radical (unpaired) electrons. The Morgan fingerprint density at radius 1 is 1.12 bits per heavy atom. The number of terminal acetylenes is 1. The molecule has 1 aliphatic rings. The average Bonchev–Trinajstić information content (AvgIpc) is 2.82. The lowest BCUT2D eigenvalue weighted by atomic mass is 10.2. The van der Waals surface area contributed by atoms with Crippen molar-refractivity contribution in [3.63, 3.8) is 0 Å². The highest BCUT2D eigenvalue weighted by atomic mass is 35.5. The van der Waals surface area contributed by atoms with Crippen LogP contribution >= 0.6 is 24.8 Å². The van der Waals surface area contributed by atoms with E-state index in [0.717, 1.165) is 61.4 Å². The molecule has 2 aromatic carbocycles. The first-order valence-electron chi connectivity index (χ1n) is 10.4. The first kappa shape index (κ1) is 26.5. The van der Waals surface area contributed by atoms with E-state index < -0.39 is 0 Å². The van der Waals surface area contributed by atoms with Gasteiger partial charge in [0.15, 0.2) is 11.5 Å². The average molecular weight is 491 g/mol. The van der Waals surface area contributed by atoms with Gasteiger partial charge in [0, 0.05) is 42.3 Å². The number of ether oxygens (including phenoxy) is 3. The van der Waals surface area contributed by atoms with Crippen molar-refractivity contribution in [1.29, 1.82) is 0 Å². The molecule has 4 rings (SSSR count). The number of nitrogens with one attached hydrogen (secondary N) is 1. The summed E-state index contributed by atoms with van der Waals surface area (Å²) in [6.07, 6.45) is 7.97. The molecule has 0 aliphatic carbocycles. The summed E-state index contributed by atoms with van der Waals surface area (Å²) in [7, 11) is 1.63. The number of fused-ring (bicyclic) bond motifs is 1. The van der Waals surface area contributed by atoms with Gasteiger partial charge in [-0.25, -0.2) is 9.97 Å². The van der Waals surface area contributed by atoms with E-state index in [1.807, 2.05) is 36.4 Å². The minimum atomic E-state index is 0. The zero-order valence-electron chi connectivity index (χ0n) is 18.5. The number of nitrogens with zero attached hydrogens (tertiary/aromatic N) is 3. The van der Waals surface area contributed by atoms with Gasteiger partial charge in [-0.05, 0) is 30.7 Å². The second-order valence-electron chi connectivity index (χ2n) is 7.25. The molecule has 0 spiro atoms. The summed E-state index contributed by atoms with van der Waals surface area (Å²) >= 11 is 0. The number of hydrogen-bond acceptors (Lipinski definition) is 7. The fourth-order valence-electron chi connectivity index (χ4n) is 3.55. The molecule has 0 saturated carbocycles. The van der Waals surface area contributed by atoms with E-state index in [0.29, 0.717) is 23.9 Å². The number of methoxy groups -OCH3 is 1. The number of rotatable bonds is 8. The van der Waals surface area contributed by atoms with Gasteiger partial charge in [-0.2, -0.15) is 0 Å². The number of halogens is 2. The van der Waals surface area contributed by atoms with Gasteiger partial charge in [-0.15, -0.1) is 31.2 Å². The fourth-order valence-corrected chi connectivity index (χ4v) is 3.55. The molecule has 1 saturated heterocycles. The summed E-state index contributed by atoms with van der Waals surface area (Å²) in [5, 5.41) is 4.18. The van der Waals surface area contributed by atoms with E-state index in [1.54, 1.807) is 7.11 Å². The van der Waals surface area contributed by atoms with Crippen LogP contribution in [0.25, 0.3) is 10.9 Å². The van der Waals surface area contributed by atoms with Crippen LogP contribution < -0.4 is 14.8 Å². The normalized spacial score (nSPS) is 13.3. The van der Waals surface area contributed by atoms with Gasteiger partial charge in [0.05, 0.1) is 32.4 Å². The number of benzene rings is 2. The van der Waals surface area contributed by atoms with Crippen molar-refractivity contribution in [3.8, 4) is 23.8 Å². The van der Waals surface area contributed by atoms with E-state index >= 15 is 0 Å². The van der Waals surface area contributed by atoms with Crippen molar-refractivity contribution < 1.29 is 14.2 Å². The van der Waals surface area contributed by atoms with Crippen molar-refractivity contribution in [2.24, 2.45) is 0 Å². The molecule has 33 heavy (non-hydrogen) atoms. The van der Waals surface area contributed by atoms with E-state index in [2.05, 4.69) is 26.1 Å². The first-order chi connectivity index (χ1) is 15.3. The van der Waals surface area contributed by atoms with Crippen LogP contribution in [0.3, 0.4) is 0 Å². The summed E-state index contributed by atoms with van der Waals surface area (Å²) in [6.45, 7) is 5.15. The maximum Gasteiger partial charge on any atom is 0.162 e. The maximum absolute atomic E-state index is 6.08. The number of hydrogen-bond donors (Lipinski definition) is 1. The zero-order chi connectivity index (χ0) is 21.5. The van der Waals surface area contributed by atoms with E-state index in [4.69, 9.17) is 20.6 Å². The van der Waals surface area contributed by atoms with Gasteiger partial charge in [0.2, 0.25) is 0 Å². The van der Waals surface area contributed by atoms with Crippen molar-refractivity contribution in [3.05, 3.63) is 48.3 Å². The molecule has 1 aromatic heterocycles. The predicted molar refractivity (Wildman–Crippen MR) is 136 cm³/mol. The summed E-state index contributed by atoms with van der Waals surface area (Å²) in [5.74, 6) is 4.65. The maximum atomic E-state index is 6.08. The molecule has 1 aliphatic heterocycles. The lowest BCUT2D eigenvalue weighted by Gasteiger charge is -2.26. The minimum Gasteiger partial charge on any atom is -0.493 e.